The summed E-state index contributed by atoms with van der Waals surface area (Å²) in [5.74, 6) is -0.503. The van der Waals surface area contributed by atoms with Crippen LogP contribution in [0.15, 0.2) is 47.5 Å². The number of piperazine rings is 1. The molecule has 0 bridgehead atoms. The van der Waals surface area contributed by atoms with Crippen LogP contribution in [0.2, 0.25) is 5.02 Å². The van der Waals surface area contributed by atoms with Gasteiger partial charge in [-0.2, -0.15) is 0 Å². The molecule has 3 N–H and O–H groups in total. The molecule has 0 amide bonds. The van der Waals surface area contributed by atoms with E-state index in [1.807, 2.05) is 4.90 Å². The third kappa shape index (κ3) is 5.68. The molecule has 152 valence electrons. The third-order valence-corrected chi connectivity index (χ3v) is 4.86. The van der Waals surface area contributed by atoms with Gasteiger partial charge in [0.1, 0.15) is 11.6 Å². The van der Waals surface area contributed by atoms with E-state index in [9.17, 15) is 13.9 Å². The number of aliphatic hydroxyl groups excluding tert-OH is 1. The van der Waals surface area contributed by atoms with Crippen molar-refractivity contribution < 1.29 is 13.9 Å². The van der Waals surface area contributed by atoms with E-state index in [4.69, 9.17) is 17.3 Å². The first-order chi connectivity index (χ1) is 12.9. The fourth-order valence-corrected chi connectivity index (χ4v) is 3.07. The van der Waals surface area contributed by atoms with Crippen LogP contribution < -0.4 is 10.6 Å². The number of rotatable bonds is 4. The lowest BCUT2D eigenvalue weighted by Crippen LogP contribution is -2.51. The Balaban J connectivity index is 0.00000280. The predicted molar refractivity (Wildman–Crippen MR) is 118 cm³/mol. The fourth-order valence-electron chi connectivity index (χ4n) is 2.95. The number of halogens is 4. The van der Waals surface area contributed by atoms with Gasteiger partial charge in [0, 0.05) is 31.9 Å². The molecule has 2 aromatic rings. The Morgan fingerprint density at radius 1 is 1.11 bits per heavy atom. The average molecular weight is 523 g/mol. The quantitative estimate of drug-likeness (QED) is 0.367. The van der Waals surface area contributed by atoms with Crippen molar-refractivity contribution in [2.24, 2.45) is 10.7 Å². The molecule has 1 heterocycles. The third-order valence-electron chi connectivity index (χ3n) is 4.55. The van der Waals surface area contributed by atoms with E-state index < -0.39 is 11.9 Å². The van der Waals surface area contributed by atoms with Crippen molar-refractivity contribution in [2.45, 2.75) is 6.10 Å². The Labute approximate surface area is 184 Å². The van der Waals surface area contributed by atoms with E-state index in [1.54, 1.807) is 18.2 Å². The molecule has 9 heteroatoms. The van der Waals surface area contributed by atoms with E-state index in [1.165, 1.54) is 24.3 Å². The molecule has 1 saturated heterocycles. The molecule has 3 rings (SSSR count). The number of hydrogen-bond acceptors (Lipinski definition) is 3. The maximum absolute atomic E-state index is 13.5. The summed E-state index contributed by atoms with van der Waals surface area (Å²) >= 11 is 5.64. The Morgan fingerprint density at radius 3 is 2.36 bits per heavy atom. The van der Waals surface area contributed by atoms with Crippen LogP contribution in [0.1, 0.15) is 11.7 Å². The van der Waals surface area contributed by atoms with Gasteiger partial charge in [0.2, 0.25) is 0 Å². The largest absolute Gasteiger partial charge is 0.386 e. The number of anilines is 1. The summed E-state index contributed by atoms with van der Waals surface area (Å²) in [6.45, 7) is 2.82. The van der Waals surface area contributed by atoms with Crippen LogP contribution >= 0.6 is 35.6 Å². The van der Waals surface area contributed by atoms with Gasteiger partial charge in [0.15, 0.2) is 5.96 Å². The van der Waals surface area contributed by atoms with Crippen molar-refractivity contribution in [1.82, 2.24) is 4.90 Å². The van der Waals surface area contributed by atoms with E-state index in [0.717, 1.165) is 18.8 Å². The van der Waals surface area contributed by atoms with Crippen LogP contribution in [-0.4, -0.2) is 48.7 Å². The molecule has 0 spiro atoms. The molecule has 0 radical (unpaired) electrons. The SMILES string of the molecule is I.NC(=NCC(O)c1ccc(Cl)c(F)c1)N1CCN(c2ccc(F)cc2)CC1. The van der Waals surface area contributed by atoms with Crippen LogP contribution in [0.4, 0.5) is 14.5 Å². The highest BCUT2D eigenvalue weighted by Gasteiger charge is 2.19. The molecule has 1 aliphatic rings. The number of benzene rings is 2. The predicted octanol–water partition coefficient (Wildman–Crippen LogP) is 3.41. The summed E-state index contributed by atoms with van der Waals surface area (Å²) < 4.78 is 26.5. The molecule has 1 aliphatic heterocycles. The van der Waals surface area contributed by atoms with E-state index in [-0.39, 0.29) is 41.4 Å². The zero-order chi connectivity index (χ0) is 19.4. The molecule has 0 saturated carbocycles. The lowest BCUT2D eigenvalue weighted by molar-refractivity contribution is 0.186. The molecular formula is C19H22ClF2IN4O. The highest BCUT2D eigenvalue weighted by Crippen LogP contribution is 2.21. The second-order valence-corrected chi connectivity index (χ2v) is 6.75. The molecule has 28 heavy (non-hydrogen) atoms. The zero-order valence-electron chi connectivity index (χ0n) is 15.1. The van der Waals surface area contributed by atoms with Crippen LogP contribution in [0, 0.1) is 11.6 Å². The summed E-state index contributed by atoms with van der Waals surface area (Å²) in [5.41, 5.74) is 7.40. The van der Waals surface area contributed by atoms with E-state index in [0.29, 0.717) is 24.6 Å². The van der Waals surface area contributed by atoms with Crippen molar-refractivity contribution >= 4 is 47.2 Å². The number of nitrogens with zero attached hydrogens (tertiary/aromatic N) is 3. The highest BCUT2D eigenvalue weighted by molar-refractivity contribution is 14.0. The van der Waals surface area contributed by atoms with Crippen molar-refractivity contribution in [1.29, 1.82) is 0 Å². The maximum Gasteiger partial charge on any atom is 0.191 e. The monoisotopic (exact) mass is 522 g/mol. The normalized spacial score (nSPS) is 15.9. The van der Waals surface area contributed by atoms with Gasteiger partial charge in [-0.05, 0) is 42.0 Å². The summed E-state index contributed by atoms with van der Waals surface area (Å²) in [5, 5.41) is 10.2. The van der Waals surface area contributed by atoms with Crippen LogP contribution in [-0.2, 0) is 0 Å². The van der Waals surface area contributed by atoms with Gasteiger partial charge in [-0.1, -0.05) is 17.7 Å². The molecule has 2 aromatic carbocycles. The molecular weight excluding hydrogens is 501 g/mol. The Bertz CT molecular complexity index is 814. The van der Waals surface area contributed by atoms with Crippen LogP contribution in [0.25, 0.3) is 0 Å². The van der Waals surface area contributed by atoms with Gasteiger partial charge in [-0.3, -0.25) is 4.99 Å². The minimum absolute atomic E-state index is 0. The zero-order valence-corrected chi connectivity index (χ0v) is 18.1. The highest BCUT2D eigenvalue weighted by atomic mass is 127. The van der Waals surface area contributed by atoms with E-state index >= 15 is 0 Å². The molecule has 5 nitrogen and oxygen atoms in total. The van der Waals surface area contributed by atoms with Gasteiger partial charge in [-0.15, -0.1) is 24.0 Å². The fraction of sp³-hybridized carbons (Fsp3) is 0.316. The standard InChI is InChI=1S/C19H21ClF2N4O.HI/c20-16-6-1-13(11-17(16)22)18(27)12-24-19(23)26-9-7-25(8-10-26)15-4-2-14(21)3-5-15;/h1-6,11,18,27H,7-10,12H2,(H2,23,24);1H. The number of nitrogens with two attached hydrogens (primary N) is 1. The lowest BCUT2D eigenvalue weighted by Gasteiger charge is -2.36. The number of aliphatic hydroxyl groups is 1. The molecule has 1 atom stereocenters. The summed E-state index contributed by atoms with van der Waals surface area (Å²) in [7, 11) is 0. The topological polar surface area (TPSA) is 65.1 Å². The summed E-state index contributed by atoms with van der Waals surface area (Å²) in [4.78, 5) is 8.31. The number of aliphatic imine (C=N–C) groups is 1. The molecule has 1 unspecified atom stereocenters. The van der Waals surface area contributed by atoms with Crippen molar-refractivity contribution in [2.75, 3.05) is 37.6 Å². The van der Waals surface area contributed by atoms with Crippen molar-refractivity contribution in [3.8, 4) is 0 Å². The minimum atomic E-state index is -0.962. The maximum atomic E-state index is 13.5. The molecule has 0 aliphatic carbocycles. The van der Waals surface area contributed by atoms with Crippen molar-refractivity contribution in [3.63, 3.8) is 0 Å². The summed E-state index contributed by atoms with van der Waals surface area (Å²) in [6, 6.07) is 10.5. The van der Waals surface area contributed by atoms with Crippen molar-refractivity contribution in [3.05, 3.63) is 64.7 Å². The van der Waals surface area contributed by atoms with Gasteiger partial charge in [-0.25, -0.2) is 8.78 Å². The smallest absolute Gasteiger partial charge is 0.191 e. The second kappa shape index (κ2) is 10.2. The Hall–Kier alpha value is -1.65. The van der Waals surface area contributed by atoms with Gasteiger partial charge >= 0.3 is 0 Å². The Morgan fingerprint density at radius 2 is 1.75 bits per heavy atom. The van der Waals surface area contributed by atoms with Gasteiger partial charge in [0.25, 0.3) is 0 Å². The first kappa shape index (κ1) is 22.6. The van der Waals surface area contributed by atoms with Gasteiger partial charge < -0.3 is 20.6 Å². The lowest BCUT2D eigenvalue weighted by atomic mass is 10.1. The molecule has 1 fully saturated rings. The van der Waals surface area contributed by atoms with Gasteiger partial charge in [0.05, 0.1) is 17.7 Å². The molecule has 0 aromatic heterocycles. The van der Waals surface area contributed by atoms with Crippen LogP contribution in [0.5, 0.6) is 0 Å². The second-order valence-electron chi connectivity index (χ2n) is 6.34. The average Bonchev–Trinajstić information content (AvgIpc) is 2.68. The number of hydrogen-bond donors (Lipinski definition) is 2. The number of guanidine groups is 1. The minimum Gasteiger partial charge on any atom is -0.386 e. The van der Waals surface area contributed by atoms with Crippen LogP contribution in [0.3, 0.4) is 0 Å². The first-order valence-corrected chi connectivity index (χ1v) is 9.00. The van der Waals surface area contributed by atoms with E-state index in [2.05, 4.69) is 9.89 Å². The first-order valence-electron chi connectivity index (χ1n) is 8.62. The summed E-state index contributed by atoms with van der Waals surface area (Å²) in [6.07, 6.45) is -0.962. The Kier molecular flexibility index (Phi) is 8.26.